The zero-order valence-electron chi connectivity index (χ0n) is 18.7. The Kier molecular flexibility index (Phi) is 6.74. The lowest BCUT2D eigenvalue weighted by Crippen LogP contribution is -2.24. The molecule has 0 radical (unpaired) electrons. The molecule has 1 aliphatic heterocycles. The predicted octanol–water partition coefficient (Wildman–Crippen LogP) is 3.90. The van der Waals surface area contributed by atoms with E-state index in [9.17, 15) is 13.2 Å². The summed E-state index contributed by atoms with van der Waals surface area (Å²) in [7, 11) is -0.495. The van der Waals surface area contributed by atoms with Gasteiger partial charge in [-0.2, -0.15) is 0 Å². The van der Waals surface area contributed by atoms with Gasteiger partial charge in [-0.1, -0.05) is 18.2 Å². The summed E-state index contributed by atoms with van der Waals surface area (Å²) in [6.45, 7) is 0.613. The van der Waals surface area contributed by atoms with Gasteiger partial charge >= 0.3 is 0 Å². The maximum absolute atomic E-state index is 12.6. The number of hydrogen-bond acceptors (Lipinski definition) is 6. The first-order valence-corrected chi connectivity index (χ1v) is 11.9. The van der Waals surface area contributed by atoms with Crippen LogP contribution in [0.25, 0.3) is 6.08 Å². The number of methoxy groups -OCH3 is 1. The second kappa shape index (κ2) is 9.88. The predicted molar refractivity (Wildman–Crippen MR) is 128 cm³/mol. The molecule has 176 valence electrons. The molecule has 34 heavy (non-hydrogen) atoms. The van der Waals surface area contributed by atoms with Crippen LogP contribution in [0.15, 0.2) is 77.7 Å². The Bertz CT molecular complexity index is 1300. The number of benzene rings is 3. The van der Waals surface area contributed by atoms with Gasteiger partial charge in [0.05, 0.1) is 12.0 Å². The Labute approximate surface area is 198 Å². The van der Waals surface area contributed by atoms with Crippen molar-refractivity contribution < 1.29 is 27.4 Å². The van der Waals surface area contributed by atoms with Gasteiger partial charge in [-0.3, -0.25) is 9.52 Å². The van der Waals surface area contributed by atoms with Gasteiger partial charge in [0.15, 0.2) is 11.5 Å². The molecule has 0 unspecified atom stereocenters. The maximum atomic E-state index is 12.6. The van der Waals surface area contributed by atoms with Crippen molar-refractivity contribution in [3.8, 4) is 17.2 Å². The van der Waals surface area contributed by atoms with Gasteiger partial charge in [0.25, 0.3) is 10.0 Å². The lowest BCUT2D eigenvalue weighted by molar-refractivity contribution is -0.125. The summed E-state index contributed by atoms with van der Waals surface area (Å²) in [6.07, 6.45) is 3.10. The summed E-state index contributed by atoms with van der Waals surface area (Å²) in [5, 5.41) is 0. The lowest BCUT2D eigenvalue weighted by atomic mass is 10.2. The van der Waals surface area contributed by atoms with E-state index in [1.165, 1.54) is 18.2 Å². The molecule has 3 aromatic carbocycles. The van der Waals surface area contributed by atoms with Crippen molar-refractivity contribution in [2.45, 2.75) is 11.4 Å². The van der Waals surface area contributed by atoms with Crippen molar-refractivity contribution in [1.29, 1.82) is 0 Å². The second-order valence-corrected chi connectivity index (χ2v) is 9.30. The van der Waals surface area contributed by atoms with Crippen molar-refractivity contribution in [2.75, 3.05) is 25.7 Å². The van der Waals surface area contributed by atoms with Gasteiger partial charge in [-0.25, -0.2) is 8.42 Å². The summed E-state index contributed by atoms with van der Waals surface area (Å²) in [5.41, 5.74) is 2.06. The van der Waals surface area contributed by atoms with Crippen molar-refractivity contribution in [3.63, 3.8) is 0 Å². The lowest BCUT2D eigenvalue weighted by Gasteiger charge is -2.15. The van der Waals surface area contributed by atoms with Crippen LogP contribution in [0.4, 0.5) is 5.69 Å². The van der Waals surface area contributed by atoms with Crippen LogP contribution in [0.1, 0.15) is 11.1 Å². The number of nitrogens with zero attached hydrogens (tertiary/aromatic N) is 1. The number of nitrogens with one attached hydrogen (secondary N) is 1. The Morgan fingerprint density at radius 3 is 2.44 bits per heavy atom. The van der Waals surface area contributed by atoms with Crippen molar-refractivity contribution in [2.24, 2.45) is 0 Å². The highest BCUT2D eigenvalue weighted by atomic mass is 32.2. The number of ether oxygens (including phenoxy) is 3. The maximum Gasteiger partial charge on any atom is 0.261 e. The summed E-state index contributed by atoms with van der Waals surface area (Å²) < 4.78 is 43.5. The van der Waals surface area contributed by atoms with Crippen LogP contribution in [-0.4, -0.2) is 40.2 Å². The molecule has 0 spiro atoms. The SMILES string of the molecule is COc1ccc(NS(=O)(=O)c2ccc(/C=C/C(=O)N(C)Cc3ccc4c(c3)OCO4)cc2)cc1. The molecule has 1 N–H and O–H groups in total. The number of rotatable bonds is 8. The van der Waals surface area contributed by atoms with Crippen LogP contribution in [0, 0.1) is 0 Å². The summed E-state index contributed by atoms with van der Waals surface area (Å²) in [4.78, 5) is 14.2. The fourth-order valence-electron chi connectivity index (χ4n) is 3.32. The average molecular weight is 481 g/mol. The van der Waals surface area contributed by atoms with Gasteiger partial charge < -0.3 is 19.1 Å². The third-order valence-corrected chi connectivity index (χ3v) is 6.58. The number of hydrogen-bond donors (Lipinski definition) is 1. The molecule has 0 aromatic heterocycles. The smallest absolute Gasteiger partial charge is 0.261 e. The van der Waals surface area contributed by atoms with Gasteiger partial charge in [0.2, 0.25) is 12.7 Å². The molecule has 1 heterocycles. The number of fused-ring (bicyclic) bond motifs is 1. The molecule has 0 atom stereocenters. The number of carbonyl (C=O) groups excluding carboxylic acids is 1. The molecule has 0 saturated heterocycles. The Balaban J connectivity index is 1.36. The summed E-state index contributed by atoms with van der Waals surface area (Å²) in [5.74, 6) is 1.82. The van der Waals surface area contributed by atoms with Gasteiger partial charge in [0.1, 0.15) is 5.75 Å². The van der Waals surface area contributed by atoms with E-state index < -0.39 is 10.0 Å². The Hall–Kier alpha value is -3.98. The van der Waals surface area contributed by atoms with E-state index in [2.05, 4.69) is 4.72 Å². The minimum Gasteiger partial charge on any atom is -0.497 e. The Morgan fingerprint density at radius 1 is 1.03 bits per heavy atom. The highest BCUT2D eigenvalue weighted by molar-refractivity contribution is 7.92. The van der Waals surface area contributed by atoms with Crippen LogP contribution < -0.4 is 18.9 Å². The van der Waals surface area contributed by atoms with Gasteiger partial charge in [-0.05, 0) is 65.7 Å². The van der Waals surface area contributed by atoms with Crippen LogP contribution in [0.2, 0.25) is 0 Å². The quantitative estimate of drug-likeness (QED) is 0.492. The number of amides is 1. The number of likely N-dealkylation sites (N-methyl/N-ethyl adjacent to an activating group) is 1. The number of sulfonamides is 1. The van der Waals surface area contributed by atoms with E-state index in [0.29, 0.717) is 35.0 Å². The molecule has 0 saturated carbocycles. The molecule has 8 nitrogen and oxygen atoms in total. The Morgan fingerprint density at radius 2 is 1.74 bits per heavy atom. The van der Waals surface area contributed by atoms with Gasteiger partial charge in [-0.15, -0.1) is 0 Å². The molecule has 1 aliphatic rings. The molecule has 1 amide bonds. The van der Waals surface area contributed by atoms with Crippen LogP contribution in [0.5, 0.6) is 17.2 Å². The molecule has 0 bridgehead atoms. The largest absolute Gasteiger partial charge is 0.497 e. The third kappa shape index (κ3) is 5.49. The van der Waals surface area contributed by atoms with E-state index in [4.69, 9.17) is 14.2 Å². The zero-order chi connectivity index (χ0) is 24.1. The van der Waals surface area contributed by atoms with E-state index >= 15 is 0 Å². The highest BCUT2D eigenvalue weighted by Crippen LogP contribution is 2.32. The van der Waals surface area contributed by atoms with Crippen molar-refractivity contribution >= 4 is 27.7 Å². The molecular weight excluding hydrogens is 456 g/mol. The molecule has 3 aromatic rings. The second-order valence-electron chi connectivity index (χ2n) is 7.62. The average Bonchev–Trinajstić information content (AvgIpc) is 3.31. The minimum atomic E-state index is -3.74. The monoisotopic (exact) mass is 480 g/mol. The van der Waals surface area contributed by atoms with E-state index in [0.717, 1.165) is 5.56 Å². The topological polar surface area (TPSA) is 94.2 Å². The fraction of sp³-hybridized carbons (Fsp3) is 0.160. The van der Waals surface area contributed by atoms with Crippen LogP contribution in [0.3, 0.4) is 0 Å². The highest BCUT2D eigenvalue weighted by Gasteiger charge is 2.15. The van der Waals surface area contributed by atoms with Crippen LogP contribution >= 0.6 is 0 Å². The zero-order valence-corrected chi connectivity index (χ0v) is 19.5. The number of carbonyl (C=O) groups is 1. The molecular formula is C25H24N2O6S. The van der Waals surface area contributed by atoms with E-state index in [1.807, 2.05) is 18.2 Å². The van der Waals surface area contributed by atoms with Crippen molar-refractivity contribution in [3.05, 3.63) is 83.9 Å². The molecule has 4 rings (SSSR count). The van der Waals surface area contributed by atoms with Gasteiger partial charge in [0, 0.05) is 25.4 Å². The van der Waals surface area contributed by atoms with Crippen LogP contribution in [-0.2, 0) is 21.4 Å². The first kappa shape index (κ1) is 23.2. The van der Waals surface area contributed by atoms with E-state index in [-0.39, 0.29) is 17.6 Å². The first-order valence-electron chi connectivity index (χ1n) is 10.4. The van der Waals surface area contributed by atoms with E-state index in [1.54, 1.807) is 61.5 Å². The summed E-state index contributed by atoms with van der Waals surface area (Å²) >= 11 is 0. The minimum absolute atomic E-state index is 0.117. The normalized spacial score (nSPS) is 12.5. The summed E-state index contributed by atoms with van der Waals surface area (Å²) in [6, 6.07) is 18.4. The first-order chi connectivity index (χ1) is 16.3. The number of anilines is 1. The third-order valence-electron chi connectivity index (χ3n) is 5.18. The fourth-order valence-corrected chi connectivity index (χ4v) is 4.38. The standard InChI is InChI=1S/C25H24N2O6S/c1-27(16-19-5-13-23-24(15-19)33-17-32-23)25(28)14-6-18-3-11-22(12-4-18)34(29,30)26-20-7-9-21(31-2)10-8-20/h3-15,26H,16-17H2,1-2H3/b14-6+. The molecule has 9 heteroatoms. The molecule has 0 fully saturated rings. The van der Waals surface area contributed by atoms with Crippen molar-refractivity contribution in [1.82, 2.24) is 4.90 Å². The molecule has 0 aliphatic carbocycles.